The molecular weight excluding hydrogens is 180 g/mol. The highest BCUT2D eigenvalue weighted by Crippen LogP contribution is 2.17. The van der Waals surface area contributed by atoms with Crippen molar-refractivity contribution in [3.05, 3.63) is 41.5 Å². The second kappa shape index (κ2) is 9.51. The monoisotopic (exact) mass is 206 g/mol. The van der Waals surface area contributed by atoms with Crippen LogP contribution in [0.25, 0.3) is 5.57 Å². The van der Waals surface area contributed by atoms with Crippen LogP contribution in [0.1, 0.15) is 51.3 Å². The van der Waals surface area contributed by atoms with E-state index in [9.17, 15) is 0 Å². The maximum Gasteiger partial charge on any atom is -0.0201 e. The van der Waals surface area contributed by atoms with Gasteiger partial charge in [0.15, 0.2) is 0 Å². The molecular formula is C15H26. The van der Waals surface area contributed by atoms with Crippen molar-refractivity contribution < 1.29 is 0 Å². The van der Waals surface area contributed by atoms with Gasteiger partial charge in [0.1, 0.15) is 0 Å². The van der Waals surface area contributed by atoms with Crippen LogP contribution < -0.4 is 0 Å². The molecule has 0 radical (unpaired) electrons. The van der Waals surface area contributed by atoms with E-state index in [1.54, 1.807) is 0 Å². The first kappa shape index (κ1) is 16.4. The van der Waals surface area contributed by atoms with E-state index in [4.69, 9.17) is 0 Å². The molecule has 0 heterocycles. The Morgan fingerprint density at radius 3 is 1.80 bits per heavy atom. The summed E-state index contributed by atoms with van der Waals surface area (Å²) in [6.07, 6.45) is 0. The summed E-state index contributed by atoms with van der Waals surface area (Å²) in [7, 11) is 0. The molecule has 0 saturated heterocycles. The van der Waals surface area contributed by atoms with Crippen LogP contribution >= 0.6 is 0 Å². The Morgan fingerprint density at radius 2 is 1.47 bits per heavy atom. The molecule has 0 nitrogen and oxygen atoms in total. The Hall–Kier alpha value is -1.04. The Labute approximate surface area is 96.0 Å². The minimum absolute atomic E-state index is 1.14. The SMILES string of the molecule is C=C(C)c1cc(C)ccc1C.CC.CC. The van der Waals surface area contributed by atoms with Crippen molar-refractivity contribution in [1.29, 1.82) is 0 Å². The van der Waals surface area contributed by atoms with E-state index in [1.165, 1.54) is 16.7 Å². The molecule has 1 rings (SSSR count). The van der Waals surface area contributed by atoms with E-state index < -0.39 is 0 Å². The van der Waals surface area contributed by atoms with Gasteiger partial charge in [-0.3, -0.25) is 0 Å². The summed E-state index contributed by atoms with van der Waals surface area (Å²) < 4.78 is 0. The van der Waals surface area contributed by atoms with Crippen LogP contribution in [-0.2, 0) is 0 Å². The first-order valence-electron chi connectivity index (χ1n) is 5.84. The van der Waals surface area contributed by atoms with Gasteiger partial charge in [0.2, 0.25) is 0 Å². The first-order chi connectivity index (χ1) is 7.11. The number of hydrogen-bond donors (Lipinski definition) is 0. The lowest BCUT2D eigenvalue weighted by Gasteiger charge is -2.05. The van der Waals surface area contributed by atoms with Crippen molar-refractivity contribution in [3.63, 3.8) is 0 Å². The highest BCUT2D eigenvalue weighted by molar-refractivity contribution is 5.64. The van der Waals surface area contributed by atoms with Crippen LogP contribution in [0.5, 0.6) is 0 Å². The number of benzene rings is 1. The van der Waals surface area contributed by atoms with Crippen molar-refractivity contribution in [1.82, 2.24) is 0 Å². The number of rotatable bonds is 1. The second-order valence-corrected chi connectivity index (χ2v) is 3.10. The quantitative estimate of drug-likeness (QED) is 0.578. The Balaban J connectivity index is 0. The second-order valence-electron chi connectivity index (χ2n) is 3.10. The van der Waals surface area contributed by atoms with Crippen LogP contribution in [0.3, 0.4) is 0 Å². The molecule has 0 aliphatic rings. The fourth-order valence-electron chi connectivity index (χ4n) is 1.20. The summed E-state index contributed by atoms with van der Waals surface area (Å²) in [5.74, 6) is 0. The van der Waals surface area contributed by atoms with Crippen LogP contribution in [-0.4, -0.2) is 0 Å². The fourth-order valence-corrected chi connectivity index (χ4v) is 1.20. The summed E-state index contributed by atoms with van der Waals surface area (Å²) >= 11 is 0. The molecule has 0 amide bonds. The van der Waals surface area contributed by atoms with Gasteiger partial charge in [-0.15, -0.1) is 0 Å². The fraction of sp³-hybridized carbons (Fsp3) is 0.467. The van der Waals surface area contributed by atoms with Crippen molar-refractivity contribution in [3.8, 4) is 0 Å². The van der Waals surface area contributed by atoms with E-state index in [2.05, 4.69) is 38.6 Å². The molecule has 0 spiro atoms. The molecule has 0 heteroatoms. The maximum atomic E-state index is 3.93. The Bertz CT molecular complexity index is 282. The highest BCUT2D eigenvalue weighted by atomic mass is 14.0. The lowest BCUT2D eigenvalue weighted by atomic mass is 10.0. The summed E-state index contributed by atoms with van der Waals surface area (Å²) in [6.45, 7) is 18.2. The van der Waals surface area contributed by atoms with E-state index >= 15 is 0 Å². The molecule has 1 aromatic carbocycles. The van der Waals surface area contributed by atoms with E-state index in [0.717, 1.165) is 5.57 Å². The molecule has 0 unspecified atom stereocenters. The lowest BCUT2D eigenvalue weighted by molar-refractivity contribution is 1.36. The van der Waals surface area contributed by atoms with Crippen LogP contribution in [0.4, 0.5) is 0 Å². The van der Waals surface area contributed by atoms with E-state index in [-0.39, 0.29) is 0 Å². The molecule has 0 aliphatic heterocycles. The topological polar surface area (TPSA) is 0 Å². The van der Waals surface area contributed by atoms with Crippen molar-refractivity contribution in [2.45, 2.75) is 48.5 Å². The third-order valence-corrected chi connectivity index (χ3v) is 1.85. The van der Waals surface area contributed by atoms with Crippen molar-refractivity contribution in [2.24, 2.45) is 0 Å². The molecule has 0 fully saturated rings. The minimum atomic E-state index is 1.14. The number of hydrogen-bond acceptors (Lipinski definition) is 0. The van der Waals surface area contributed by atoms with Gasteiger partial charge < -0.3 is 0 Å². The molecule has 0 bridgehead atoms. The highest BCUT2D eigenvalue weighted by Gasteiger charge is 1.97. The van der Waals surface area contributed by atoms with Gasteiger partial charge in [-0.05, 0) is 31.9 Å². The third-order valence-electron chi connectivity index (χ3n) is 1.85. The van der Waals surface area contributed by atoms with E-state index in [0.29, 0.717) is 0 Å². The zero-order valence-electron chi connectivity index (χ0n) is 11.4. The predicted octanol–water partition coefficient (Wildman–Crippen LogP) is 5.39. The van der Waals surface area contributed by atoms with Gasteiger partial charge in [-0.1, -0.05) is 63.6 Å². The van der Waals surface area contributed by atoms with Gasteiger partial charge in [0.25, 0.3) is 0 Å². The molecule has 0 saturated carbocycles. The van der Waals surface area contributed by atoms with Crippen LogP contribution in [0.15, 0.2) is 24.8 Å². The molecule has 0 aliphatic carbocycles. The molecule has 0 atom stereocenters. The number of allylic oxidation sites excluding steroid dienone is 1. The average Bonchev–Trinajstić information content (AvgIpc) is 2.27. The van der Waals surface area contributed by atoms with Gasteiger partial charge in [-0.25, -0.2) is 0 Å². The third kappa shape index (κ3) is 6.11. The Kier molecular flexibility index (Phi) is 10.4. The van der Waals surface area contributed by atoms with Gasteiger partial charge in [-0.2, -0.15) is 0 Å². The maximum absolute atomic E-state index is 3.93. The standard InChI is InChI=1S/C11H14.2C2H6/c1-8(2)11-7-9(3)5-6-10(11)4;2*1-2/h5-7H,1H2,2-4H3;2*1-2H3. The smallest absolute Gasteiger partial charge is 0.0201 e. The number of aryl methyl sites for hydroxylation is 2. The van der Waals surface area contributed by atoms with Crippen molar-refractivity contribution in [2.75, 3.05) is 0 Å². The van der Waals surface area contributed by atoms with Crippen molar-refractivity contribution >= 4 is 5.57 Å². The summed E-state index contributed by atoms with van der Waals surface area (Å²) in [6, 6.07) is 6.44. The Morgan fingerprint density at radius 1 is 1.00 bits per heavy atom. The van der Waals surface area contributed by atoms with E-state index in [1.807, 2.05) is 34.6 Å². The average molecular weight is 206 g/mol. The normalized spacial score (nSPS) is 7.93. The summed E-state index contributed by atoms with van der Waals surface area (Å²) in [4.78, 5) is 0. The molecule has 0 aromatic heterocycles. The van der Waals surface area contributed by atoms with Crippen LogP contribution in [0.2, 0.25) is 0 Å². The zero-order chi connectivity index (χ0) is 12.4. The minimum Gasteiger partial charge on any atom is -0.0955 e. The predicted molar refractivity (Wildman–Crippen MR) is 73.3 cm³/mol. The van der Waals surface area contributed by atoms with Crippen LogP contribution in [0, 0.1) is 13.8 Å². The largest absolute Gasteiger partial charge is 0.0955 e. The molecule has 15 heavy (non-hydrogen) atoms. The molecule has 86 valence electrons. The molecule has 1 aromatic rings. The summed E-state index contributed by atoms with van der Waals surface area (Å²) in [5.41, 5.74) is 5.04. The first-order valence-corrected chi connectivity index (χ1v) is 5.84. The molecule has 0 N–H and O–H groups in total. The zero-order valence-corrected chi connectivity index (χ0v) is 11.4. The van der Waals surface area contributed by atoms with Gasteiger partial charge in [0.05, 0.1) is 0 Å². The van der Waals surface area contributed by atoms with Gasteiger partial charge in [0, 0.05) is 0 Å². The lowest BCUT2D eigenvalue weighted by Crippen LogP contribution is -1.85. The van der Waals surface area contributed by atoms with Gasteiger partial charge >= 0.3 is 0 Å². The summed E-state index contributed by atoms with van der Waals surface area (Å²) in [5, 5.41) is 0.